The highest BCUT2D eigenvalue weighted by atomic mass is 15.0. The fourth-order valence-corrected chi connectivity index (χ4v) is 0.784. The molecule has 0 saturated heterocycles. The lowest BCUT2D eigenvalue weighted by molar-refractivity contribution is 1.21. The van der Waals surface area contributed by atoms with Crippen LogP contribution in [0.15, 0.2) is 25.8 Å². The number of aromatic amines is 1. The molecule has 0 saturated carbocycles. The third-order valence-electron chi connectivity index (χ3n) is 1.25. The molecule has 3 N–H and O–H groups in total. The maximum absolute atomic E-state index is 5.48. The van der Waals surface area contributed by atoms with Crippen LogP contribution in [0.4, 0.5) is 5.82 Å². The molecule has 0 aliphatic heterocycles. The number of nitrogens with one attached hydrogen (secondary N) is 1. The Morgan fingerprint density at radius 3 is 2.67 bits per heavy atom. The molecule has 0 fully saturated rings. The Morgan fingerprint density at radius 2 is 2.00 bits per heavy atom. The summed E-state index contributed by atoms with van der Waals surface area (Å²) in [7, 11) is 0. The molecule has 0 radical (unpaired) electrons. The monoisotopic (exact) mass is 163 g/mol. The van der Waals surface area contributed by atoms with Crippen molar-refractivity contribution in [2.75, 3.05) is 5.73 Å². The SMILES string of the molecule is C=C.Nc1ncnc2nc[nH]c12. The summed E-state index contributed by atoms with van der Waals surface area (Å²) in [5, 5.41) is 0. The van der Waals surface area contributed by atoms with Crippen LogP contribution in [-0.2, 0) is 0 Å². The normalized spacial score (nSPS) is 9.00. The third-order valence-corrected chi connectivity index (χ3v) is 1.25. The van der Waals surface area contributed by atoms with Crippen molar-refractivity contribution >= 4 is 17.0 Å². The molecule has 0 amide bonds. The number of imidazole rings is 1. The van der Waals surface area contributed by atoms with Crippen LogP contribution in [0.1, 0.15) is 0 Å². The zero-order chi connectivity index (χ0) is 8.97. The number of nitrogens with zero attached hydrogens (tertiary/aromatic N) is 3. The van der Waals surface area contributed by atoms with Gasteiger partial charge in [-0.15, -0.1) is 13.2 Å². The largest absolute Gasteiger partial charge is 0.382 e. The molecule has 12 heavy (non-hydrogen) atoms. The Labute approximate surface area is 69.4 Å². The van der Waals surface area contributed by atoms with Crippen LogP contribution < -0.4 is 5.73 Å². The van der Waals surface area contributed by atoms with E-state index in [1.165, 1.54) is 12.7 Å². The van der Waals surface area contributed by atoms with Crippen molar-refractivity contribution in [3.63, 3.8) is 0 Å². The van der Waals surface area contributed by atoms with Crippen LogP contribution in [0.2, 0.25) is 0 Å². The van der Waals surface area contributed by atoms with E-state index in [-0.39, 0.29) is 0 Å². The van der Waals surface area contributed by atoms with Crippen molar-refractivity contribution in [2.45, 2.75) is 0 Å². The van der Waals surface area contributed by atoms with Crippen molar-refractivity contribution in [3.8, 4) is 0 Å². The first kappa shape index (κ1) is 8.19. The van der Waals surface area contributed by atoms with Crippen LogP contribution in [-0.4, -0.2) is 19.9 Å². The molecule has 5 nitrogen and oxygen atoms in total. The number of hydrogen-bond acceptors (Lipinski definition) is 4. The lowest BCUT2D eigenvalue weighted by Gasteiger charge is -1.89. The number of rotatable bonds is 0. The molecule has 0 unspecified atom stereocenters. The molecule has 0 bridgehead atoms. The van der Waals surface area contributed by atoms with E-state index in [0.29, 0.717) is 17.0 Å². The molecule has 2 aromatic rings. The van der Waals surface area contributed by atoms with E-state index in [1.54, 1.807) is 0 Å². The zero-order valence-corrected chi connectivity index (χ0v) is 6.49. The molecule has 0 spiro atoms. The van der Waals surface area contributed by atoms with Crippen LogP contribution in [0.3, 0.4) is 0 Å². The fraction of sp³-hybridized carbons (Fsp3) is 0. The lowest BCUT2D eigenvalue weighted by Crippen LogP contribution is -1.91. The number of aromatic nitrogens is 4. The molecule has 2 rings (SSSR count). The molecule has 62 valence electrons. The number of H-pyrrole nitrogens is 1. The number of fused-ring (bicyclic) bond motifs is 1. The summed E-state index contributed by atoms with van der Waals surface area (Å²) in [6.45, 7) is 6.00. The Hall–Kier alpha value is -1.91. The van der Waals surface area contributed by atoms with Gasteiger partial charge in [0.1, 0.15) is 11.8 Å². The summed E-state index contributed by atoms with van der Waals surface area (Å²) in [5.74, 6) is 0.433. The minimum atomic E-state index is 0.433. The Morgan fingerprint density at radius 1 is 1.25 bits per heavy atom. The fourth-order valence-electron chi connectivity index (χ4n) is 0.784. The molecule has 2 heterocycles. The second-order valence-electron chi connectivity index (χ2n) is 1.86. The van der Waals surface area contributed by atoms with E-state index in [9.17, 15) is 0 Å². The van der Waals surface area contributed by atoms with E-state index < -0.39 is 0 Å². The van der Waals surface area contributed by atoms with Crippen molar-refractivity contribution in [1.82, 2.24) is 19.9 Å². The van der Waals surface area contributed by atoms with Gasteiger partial charge in [-0.2, -0.15) is 0 Å². The third kappa shape index (κ3) is 1.24. The minimum absolute atomic E-state index is 0.433. The highest BCUT2D eigenvalue weighted by molar-refractivity contribution is 5.80. The quantitative estimate of drug-likeness (QED) is 0.561. The Balaban J connectivity index is 0.000000336. The summed E-state index contributed by atoms with van der Waals surface area (Å²) in [6, 6.07) is 0. The summed E-state index contributed by atoms with van der Waals surface area (Å²) in [6.07, 6.45) is 2.92. The second kappa shape index (κ2) is 3.47. The second-order valence-corrected chi connectivity index (χ2v) is 1.86. The smallest absolute Gasteiger partial charge is 0.182 e. The van der Waals surface area contributed by atoms with Crippen molar-refractivity contribution in [3.05, 3.63) is 25.8 Å². The summed E-state index contributed by atoms with van der Waals surface area (Å²) in [5.41, 5.74) is 6.78. The molecular formula is C7H9N5. The topological polar surface area (TPSA) is 80.5 Å². The minimum Gasteiger partial charge on any atom is -0.382 e. The van der Waals surface area contributed by atoms with Gasteiger partial charge < -0.3 is 10.7 Å². The van der Waals surface area contributed by atoms with E-state index in [2.05, 4.69) is 33.1 Å². The van der Waals surface area contributed by atoms with Crippen LogP contribution in [0.25, 0.3) is 11.2 Å². The van der Waals surface area contributed by atoms with E-state index in [0.717, 1.165) is 0 Å². The maximum atomic E-state index is 5.48. The lowest BCUT2D eigenvalue weighted by atomic mass is 10.5. The predicted octanol–water partition coefficient (Wildman–Crippen LogP) is 0.737. The first-order valence-corrected chi connectivity index (χ1v) is 3.27. The zero-order valence-electron chi connectivity index (χ0n) is 6.49. The van der Waals surface area contributed by atoms with E-state index >= 15 is 0 Å². The first-order chi connectivity index (χ1) is 5.88. The van der Waals surface area contributed by atoms with Crippen LogP contribution in [0.5, 0.6) is 0 Å². The van der Waals surface area contributed by atoms with E-state index in [4.69, 9.17) is 5.73 Å². The summed E-state index contributed by atoms with van der Waals surface area (Å²) < 4.78 is 0. The van der Waals surface area contributed by atoms with Gasteiger partial charge in [-0.3, -0.25) is 0 Å². The van der Waals surface area contributed by atoms with Gasteiger partial charge in [0, 0.05) is 0 Å². The highest BCUT2D eigenvalue weighted by Gasteiger charge is 1.99. The summed E-state index contributed by atoms with van der Waals surface area (Å²) >= 11 is 0. The van der Waals surface area contributed by atoms with Gasteiger partial charge in [0.15, 0.2) is 11.5 Å². The molecule has 5 heteroatoms. The molecule has 0 aromatic carbocycles. The summed E-state index contributed by atoms with van der Waals surface area (Å²) in [4.78, 5) is 14.4. The van der Waals surface area contributed by atoms with Gasteiger partial charge in [-0.25, -0.2) is 15.0 Å². The van der Waals surface area contributed by atoms with Gasteiger partial charge in [0.05, 0.1) is 6.33 Å². The maximum Gasteiger partial charge on any atom is 0.182 e. The van der Waals surface area contributed by atoms with Crippen LogP contribution in [0, 0.1) is 0 Å². The predicted molar refractivity (Wildman–Crippen MR) is 47.4 cm³/mol. The Kier molecular flexibility index (Phi) is 2.37. The number of nitrogen functional groups attached to an aromatic ring is 1. The highest BCUT2D eigenvalue weighted by Crippen LogP contribution is 2.09. The standard InChI is InChI=1S/C5H5N5.C2H4/c6-4-3-5(9-1-7-3)10-2-8-4;1-2/h1-2H,(H3,6,7,8,9,10);1-2H2. The van der Waals surface area contributed by atoms with Crippen molar-refractivity contribution in [2.24, 2.45) is 0 Å². The molecule has 0 aliphatic carbocycles. The first-order valence-electron chi connectivity index (χ1n) is 3.27. The van der Waals surface area contributed by atoms with Gasteiger partial charge in [0.2, 0.25) is 0 Å². The average molecular weight is 163 g/mol. The molecule has 0 aliphatic rings. The number of nitrogens with two attached hydrogens (primary N) is 1. The van der Waals surface area contributed by atoms with Crippen LogP contribution >= 0.6 is 0 Å². The van der Waals surface area contributed by atoms with Gasteiger partial charge in [-0.05, 0) is 0 Å². The average Bonchev–Trinajstić information content (AvgIpc) is 2.57. The van der Waals surface area contributed by atoms with Crippen molar-refractivity contribution in [1.29, 1.82) is 0 Å². The number of anilines is 1. The molecule has 0 atom stereocenters. The van der Waals surface area contributed by atoms with E-state index in [1.807, 2.05) is 0 Å². The molecule has 2 aromatic heterocycles. The number of hydrogen-bond donors (Lipinski definition) is 2. The van der Waals surface area contributed by atoms with Gasteiger partial charge >= 0.3 is 0 Å². The molecular weight excluding hydrogens is 154 g/mol. The van der Waals surface area contributed by atoms with Gasteiger partial charge in [-0.1, -0.05) is 0 Å². The Bertz CT molecular complexity index is 367. The van der Waals surface area contributed by atoms with Crippen molar-refractivity contribution < 1.29 is 0 Å². The van der Waals surface area contributed by atoms with Gasteiger partial charge in [0.25, 0.3) is 0 Å².